The molecule has 2 heterocycles. The van der Waals surface area contributed by atoms with E-state index in [0.717, 1.165) is 25.2 Å². The summed E-state index contributed by atoms with van der Waals surface area (Å²) < 4.78 is 11.4. The van der Waals surface area contributed by atoms with Crippen LogP contribution in [0.2, 0.25) is 0 Å². The van der Waals surface area contributed by atoms with E-state index in [-0.39, 0.29) is 5.60 Å². The smallest absolute Gasteiger partial charge is 0.155 e. The van der Waals surface area contributed by atoms with Crippen molar-refractivity contribution in [2.75, 3.05) is 0 Å². The van der Waals surface area contributed by atoms with E-state index in [1.165, 1.54) is 19.3 Å². The van der Waals surface area contributed by atoms with Crippen LogP contribution in [0, 0.1) is 17.8 Å². The maximum atomic E-state index is 5.80. The molecule has 3 fully saturated rings. The number of hydrogen-bond acceptors (Lipinski definition) is 2. The van der Waals surface area contributed by atoms with Crippen molar-refractivity contribution in [3.8, 4) is 11.8 Å². The molecule has 5 atom stereocenters. The average Bonchev–Trinajstić information content (AvgIpc) is 3.10. The van der Waals surface area contributed by atoms with Crippen LogP contribution in [-0.2, 0) is 9.47 Å². The fourth-order valence-electron chi connectivity index (χ4n) is 3.37. The van der Waals surface area contributed by atoms with E-state index in [0.29, 0.717) is 18.3 Å². The molecule has 0 radical (unpaired) electrons. The molecule has 2 aliphatic heterocycles. The highest BCUT2D eigenvalue weighted by molar-refractivity contribution is 5.29. The minimum absolute atomic E-state index is 0.00928. The zero-order valence-corrected chi connectivity index (χ0v) is 8.87. The first-order chi connectivity index (χ1) is 7.36. The molecule has 15 heavy (non-hydrogen) atoms. The summed E-state index contributed by atoms with van der Waals surface area (Å²) in [5, 5.41) is 0. The summed E-state index contributed by atoms with van der Waals surface area (Å²) >= 11 is 0. The number of ether oxygens (including phenoxy) is 2. The normalized spacial score (nSPS) is 54.7. The standard InChI is InChI=1S/C13H16O2/c1-2-6-13(12(3-1)15-13)8-9-4-5-10-11(7-9)14-10/h9-12H,1,3-5,7-8H2. The van der Waals surface area contributed by atoms with E-state index in [1.54, 1.807) is 0 Å². The fraction of sp³-hybridized carbons (Fsp3) is 0.846. The van der Waals surface area contributed by atoms with Gasteiger partial charge in [-0.1, -0.05) is 5.92 Å². The van der Waals surface area contributed by atoms with Crippen LogP contribution < -0.4 is 0 Å². The highest BCUT2D eigenvalue weighted by Gasteiger charge is 2.58. The van der Waals surface area contributed by atoms with E-state index in [1.807, 2.05) is 0 Å². The van der Waals surface area contributed by atoms with Crippen molar-refractivity contribution >= 4 is 0 Å². The van der Waals surface area contributed by atoms with Crippen LogP contribution in [0.4, 0.5) is 0 Å². The molecule has 0 aromatic carbocycles. The Balaban J connectivity index is 1.44. The molecule has 0 amide bonds. The highest BCUT2D eigenvalue weighted by atomic mass is 16.6. The number of rotatable bonds is 2. The van der Waals surface area contributed by atoms with Gasteiger partial charge in [0.15, 0.2) is 5.60 Å². The summed E-state index contributed by atoms with van der Waals surface area (Å²) in [5.41, 5.74) is -0.00928. The van der Waals surface area contributed by atoms with Gasteiger partial charge in [-0.3, -0.25) is 0 Å². The van der Waals surface area contributed by atoms with Gasteiger partial charge >= 0.3 is 0 Å². The Bertz CT molecular complexity index is 353. The summed E-state index contributed by atoms with van der Waals surface area (Å²) in [6, 6.07) is 0. The average molecular weight is 204 g/mol. The van der Waals surface area contributed by atoms with Crippen LogP contribution in [0.1, 0.15) is 38.5 Å². The molecule has 2 aliphatic carbocycles. The van der Waals surface area contributed by atoms with Crippen LogP contribution >= 0.6 is 0 Å². The van der Waals surface area contributed by atoms with Crippen molar-refractivity contribution in [3.05, 3.63) is 0 Å². The number of epoxide rings is 2. The predicted molar refractivity (Wildman–Crippen MR) is 55.2 cm³/mol. The SMILES string of the molecule is C1#CC2(CC3CCC4OC4C3)OC2CC1. The maximum Gasteiger partial charge on any atom is 0.155 e. The van der Waals surface area contributed by atoms with E-state index >= 15 is 0 Å². The monoisotopic (exact) mass is 204 g/mol. The van der Waals surface area contributed by atoms with Gasteiger partial charge in [-0.15, -0.1) is 5.92 Å². The molecule has 0 N–H and O–H groups in total. The lowest BCUT2D eigenvalue weighted by Gasteiger charge is -2.21. The third-order valence-corrected chi connectivity index (χ3v) is 4.35. The van der Waals surface area contributed by atoms with Crippen LogP contribution in [0.3, 0.4) is 0 Å². The van der Waals surface area contributed by atoms with Crippen molar-refractivity contribution in [2.45, 2.75) is 62.4 Å². The zero-order chi connectivity index (χ0) is 9.88. The van der Waals surface area contributed by atoms with Crippen molar-refractivity contribution in [1.82, 2.24) is 0 Å². The Morgan fingerprint density at radius 3 is 3.07 bits per heavy atom. The topological polar surface area (TPSA) is 25.1 Å². The minimum atomic E-state index is -0.00928. The van der Waals surface area contributed by atoms with E-state index in [4.69, 9.17) is 9.47 Å². The van der Waals surface area contributed by atoms with Gasteiger partial charge in [-0.05, 0) is 38.0 Å². The minimum Gasteiger partial charge on any atom is -0.370 e. The molecule has 0 aromatic heterocycles. The van der Waals surface area contributed by atoms with Gasteiger partial charge in [-0.25, -0.2) is 0 Å². The van der Waals surface area contributed by atoms with Crippen LogP contribution in [-0.4, -0.2) is 23.9 Å². The van der Waals surface area contributed by atoms with Gasteiger partial charge in [-0.2, -0.15) is 0 Å². The Morgan fingerprint density at radius 1 is 1.20 bits per heavy atom. The maximum absolute atomic E-state index is 5.80. The number of fused-ring (bicyclic) bond motifs is 2. The molecule has 2 heteroatoms. The summed E-state index contributed by atoms with van der Waals surface area (Å²) in [4.78, 5) is 0. The van der Waals surface area contributed by atoms with Gasteiger partial charge in [0.05, 0.1) is 12.2 Å². The van der Waals surface area contributed by atoms with Gasteiger partial charge < -0.3 is 9.47 Å². The highest BCUT2D eigenvalue weighted by Crippen LogP contribution is 2.50. The van der Waals surface area contributed by atoms with Gasteiger partial charge in [0.1, 0.15) is 6.10 Å². The predicted octanol–water partition coefficient (Wildman–Crippen LogP) is 1.88. The van der Waals surface area contributed by atoms with Crippen molar-refractivity contribution < 1.29 is 9.47 Å². The first-order valence-electron chi connectivity index (χ1n) is 6.19. The van der Waals surface area contributed by atoms with E-state index in [9.17, 15) is 0 Å². The molecule has 0 bridgehead atoms. The van der Waals surface area contributed by atoms with Gasteiger partial charge in [0.25, 0.3) is 0 Å². The molecule has 2 saturated heterocycles. The lowest BCUT2D eigenvalue weighted by Crippen LogP contribution is -2.23. The van der Waals surface area contributed by atoms with Gasteiger partial charge in [0, 0.05) is 6.42 Å². The lowest BCUT2D eigenvalue weighted by molar-refractivity contribution is 0.266. The van der Waals surface area contributed by atoms with Crippen LogP contribution in [0.25, 0.3) is 0 Å². The summed E-state index contributed by atoms with van der Waals surface area (Å²) in [6.07, 6.45) is 8.87. The van der Waals surface area contributed by atoms with Crippen molar-refractivity contribution in [3.63, 3.8) is 0 Å². The van der Waals surface area contributed by atoms with E-state index in [2.05, 4.69) is 11.8 Å². The molecular formula is C13H16O2. The fourth-order valence-corrected chi connectivity index (χ4v) is 3.37. The summed E-state index contributed by atoms with van der Waals surface area (Å²) in [6.45, 7) is 0. The molecule has 0 aromatic rings. The van der Waals surface area contributed by atoms with Crippen molar-refractivity contribution in [1.29, 1.82) is 0 Å². The van der Waals surface area contributed by atoms with E-state index < -0.39 is 0 Å². The quantitative estimate of drug-likeness (QED) is 0.507. The number of hydrogen-bond donors (Lipinski definition) is 0. The third-order valence-electron chi connectivity index (χ3n) is 4.35. The Kier molecular flexibility index (Phi) is 1.60. The third kappa shape index (κ3) is 1.33. The molecule has 0 spiro atoms. The second-order valence-electron chi connectivity index (χ2n) is 5.43. The molecular weight excluding hydrogens is 188 g/mol. The van der Waals surface area contributed by atoms with Crippen LogP contribution in [0.5, 0.6) is 0 Å². The summed E-state index contributed by atoms with van der Waals surface area (Å²) in [5.74, 6) is 7.35. The first kappa shape index (κ1) is 8.61. The molecule has 1 saturated carbocycles. The summed E-state index contributed by atoms with van der Waals surface area (Å²) in [7, 11) is 0. The molecule has 4 aliphatic rings. The lowest BCUT2D eigenvalue weighted by atomic mass is 9.80. The molecule has 4 rings (SSSR count). The Labute approximate surface area is 90.3 Å². The Morgan fingerprint density at radius 2 is 2.20 bits per heavy atom. The second kappa shape index (κ2) is 2.78. The molecule has 80 valence electrons. The Hall–Kier alpha value is -0.520. The second-order valence-corrected chi connectivity index (χ2v) is 5.43. The largest absolute Gasteiger partial charge is 0.370 e. The van der Waals surface area contributed by atoms with Crippen molar-refractivity contribution in [2.24, 2.45) is 5.92 Å². The van der Waals surface area contributed by atoms with Gasteiger partial charge in [0.2, 0.25) is 0 Å². The molecule has 5 unspecified atom stereocenters. The zero-order valence-electron chi connectivity index (χ0n) is 8.87. The molecule has 2 nitrogen and oxygen atoms in total. The first-order valence-corrected chi connectivity index (χ1v) is 6.19. The van der Waals surface area contributed by atoms with Crippen LogP contribution in [0.15, 0.2) is 0 Å².